The molecule has 1 aromatic rings. The number of nitrogens with zero attached hydrogens (tertiary/aromatic N) is 1. The van der Waals surface area contributed by atoms with E-state index < -0.39 is 47.4 Å². The van der Waals surface area contributed by atoms with Gasteiger partial charge < -0.3 is 30.5 Å². The first-order valence-electron chi connectivity index (χ1n) is 11.6. The molecule has 11 heteroatoms. The van der Waals surface area contributed by atoms with Gasteiger partial charge in [-0.3, -0.25) is 14.4 Å². The molecule has 1 aromatic carbocycles. The second-order valence-electron chi connectivity index (χ2n) is 9.86. The standard InChI is InChI=1S/C24H32FN3O7/c1-24(2,3)35-23(33)27-16-5-4-10-34-18(16)11-13-6-7-14-15(20(13)25)12-28(22(14)32)17(21(26)31)8-9-19(29)30/h6-7,16-18H,4-5,8-12H2,1-3H3,(H2,26,31)(H,27,33)(H,29,30)/t16-,17?,18+/m0/s1. The van der Waals surface area contributed by atoms with Crippen molar-refractivity contribution >= 4 is 23.9 Å². The third-order valence-corrected chi connectivity index (χ3v) is 6.04. The first-order chi connectivity index (χ1) is 16.4. The van der Waals surface area contributed by atoms with Crippen LogP contribution in [0.15, 0.2) is 12.1 Å². The van der Waals surface area contributed by atoms with Gasteiger partial charge in [-0.1, -0.05) is 6.07 Å². The van der Waals surface area contributed by atoms with E-state index in [4.69, 9.17) is 20.3 Å². The molecule has 0 aliphatic carbocycles. The van der Waals surface area contributed by atoms with Crippen LogP contribution in [-0.4, -0.2) is 64.3 Å². The molecule has 3 rings (SSSR count). The molecule has 192 valence electrons. The van der Waals surface area contributed by atoms with Crippen LogP contribution in [0, 0.1) is 5.82 Å². The molecule has 10 nitrogen and oxygen atoms in total. The number of alkyl carbamates (subject to hydrolysis) is 1. The molecule has 0 spiro atoms. The molecule has 1 unspecified atom stereocenters. The van der Waals surface area contributed by atoms with Crippen LogP contribution in [-0.2, 0) is 32.0 Å². The Kier molecular flexibility index (Phi) is 7.99. The number of carboxylic acids is 1. The van der Waals surface area contributed by atoms with Gasteiger partial charge in [0.1, 0.15) is 17.5 Å². The first kappa shape index (κ1) is 26.4. The Bertz CT molecular complexity index is 1010. The fraction of sp³-hybridized carbons (Fsp3) is 0.583. The van der Waals surface area contributed by atoms with Gasteiger partial charge in [-0.25, -0.2) is 9.18 Å². The zero-order valence-electron chi connectivity index (χ0n) is 20.1. The minimum absolute atomic E-state index is 0.112. The summed E-state index contributed by atoms with van der Waals surface area (Å²) in [6.45, 7) is 5.56. The lowest BCUT2D eigenvalue weighted by molar-refractivity contribution is -0.137. The number of amides is 3. The summed E-state index contributed by atoms with van der Waals surface area (Å²) in [7, 11) is 0. The molecule has 0 aromatic heterocycles. The first-order valence-corrected chi connectivity index (χ1v) is 11.6. The Morgan fingerprint density at radius 3 is 2.69 bits per heavy atom. The number of halogens is 1. The van der Waals surface area contributed by atoms with Crippen LogP contribution < -0.4 is 11.1 Å². The summed E-state index contributed by atoms with van der Waals surface area (Å²) in [6.07, 6.45) is -0.0471. The normalized spacial score (nSPS) is 20.8. The second kappa shape index (κ2) is 10.6. The number of benzene rings is 1. The summed E-state index contributed by atoms with van der Waals surface area (Å²) in [6, 6.07) is 1.46. The van der Waals surface area contributed by atoms with Gasteiger partial charge in [-0.05, 0) is 51.7 Å². The lowest BCUT2D eigenvalue weighted by Crippen LogP contribution is -2.49. The highest BCUT2D eigenvalue weighted by atomic mass is 19.1. The van der Waals surface area contributed by atoms with E-state index in [0.717, 1.165) is 11.3 Å². The van der Waals surface area contributed by atoms with Crippen LogP contribution in [0.4, 0.5) is 9.18 Å². The highest BCUT2D eigenvalue weighted by Gasteiger charge is 2.38. The van der Waals surface area contributed by atoms with E-state index in [1.165, 1.54) is 12.1 Å². The SMILES string of the molecule is CC(C)(C)OC(=O)N[C@H]1CCCO[C@@H]1Cc1ccc2c(c1F)CN(C(CCC(=O)O)C(N)=O)C2=O. The van der Waals surface area contributed by atoms with E-state index in [9.17, 15) is 19.2 Å². The van der Waals surface area contributed by atoms with Crippen LogP contribution in [0.2, 0.25) is 0 Å². The Morgan fingerprint density at radius 2 is 2.06 bits per heavy atom. The van der Waals surface area contributed by atoms with Crippen molar-refractivity contribution in [2.45, 2.75) is 83.2 Å². The quantitative estimate of drug-likeness (QED) is 0.502. The van der Waals surface area contributed by atoms with Gasteiger partial charge in [0.05, 0.1) is 18.7 Å². The number of aliphatic carboxylic acids is 1. The highest BCUT2D eigenvalue weighted by Crippen LogP contribution is 2.31. The summed E-state index contributed by atoms with van der Waals surface area (Å²) in [5.41, 5.74) is 5.29. The number of hydrogen-bond donors (Lipinski definition) is 3. The number of carboxylic acid groups (broad SMARTS) is 1. The number of carbonyl (C=O) groups excluding carboxylic acids is 3. The fourth-order valence-electron chi connectivity index (χ4n) is 4.42. The lowest BCUT2D eigenvalue weighted by Gasteiger charge is -2.33. The van der Waals surface area contributed by atoms with Crippen molar-refractivity contribution in [2.75, 3.05) is 6.61 Å². The monoisotopic (exact) mass is 493 g/mol. The van der Waals surface area contributed by atoms with Crippen LogP contribution >= 0.6 is 0 Å². The summed E-state index contributed by atoms with van der Waals surface area (Å²) < 4.78 is 26.7. The van der Waals surface area contributed by atoms with Crippen molar-refractivity contribution in [3.05, 3.63) is 34.6 Å². The average molecular weight is 494 g/mol. The van der Waals surface area contributed by atoms with E-state index >= 15 is 4.39 Å². The van der Waals surface area contributed by atoms with E-state index in [1.807, 2.05) is 0 Å². The zero-order chi connectivity index (χ0) is 25.9. The molecule has 2 aliphatic rings. The molecular weight excluding hydrogens is 461 g/mol. The van der Waals surface area contributed by atoms with Crippen molar-refractivity contribution in [1.29, 1.82) is 0 Å². The average Bonchev–Trinajstić information content (AvgIpc) is 3.07. The van der Waals surface area contributed by atoms with Crippen LogP contribution in [0.25, 0.3) is 0 Å². The van der Waals surface area contributed by atoms with Crippen molar-refractivity contribution in [3.63, 3.8) is 0 Å². The smallest absolute Gasteiger partial charge is 0.407 e. The van der Waals surface area contributed by atoms with Crippen molar-refractivity contribution < 1.29 is 38.1 Å². The third-order valence-electron chi connectivity index (χ3n) is 6.04. The maximum Gasteiger partial charge on any atom is 0.407 e. The molecule has 0 bridgehead atoms. The molecule has 2 aliphatic heterocycles. The molecule has 1 fully saturated rings. The van der Waals surface area contributed by atoms with Gasteiger partial charge >= 0.3 is 12.1 Å². The van der Waals surface area contributed by atoms with Crippen LogP contribution in [0.3, 0.4) is 0 Å². The van der Waals surface area contributed by atoms with Gasteiger partial charge in [-0.15, -0.1) is 0 Å². The van der Waals surface area contributed by atoms with Gasteiger partial charge in [0.25, 0.3) is 5.91 Å². The van der Waals surface area contributed by atoms with Gasteiger partial charge in [0.15, 0.2) is 0 Å². The van der Waals surface area contributed by atoms with E-state index in [0.29, 0.717) is 18.6 Å². The van der Waals surface area contributed by atoms with E-state index in [1.54, 1.807) is 20.8 Å². The Hall–Kier alpha value is -3.21. The lowest BCUT2D eigenvalue weighted by atomic mass is 9.94. The topological polar surface area (TPSA) is 148 Å². The molecule has 2 heterocycles. The minimum Gasteiger partial charge on any atom is -0.481 e. The third kappa shape index (κ3) is 6.47. The maximum atomic E-state index is 15.5. The number of carbonyl (C=O) groups is 4. The van der Waals surface area contributed by atoms with Gasteiger partial charge in [-0.2, -0.15) is 0 Å². The van der Waals surface area contributed by atoms with Crippen molar-refractivity contribution in [1.82, 2.24) is 10.2 Å². The summed E-state index contributed by atoms with van der Waals surface area (Å²) in [5.74, 6) is -3.14. The molecule has 35 heavy (non-hydrogen) atoms. The van der Waals surface area contributed by atoms with E-state index in [-0.39, 0.29) is 43.0 Å². The number of rotatable bonds is 8. The number of fused-ring (bicyclic) bond motifs is 1. The number of hydrogen-bond acceptors (Lipinski definition) is 6. The molecule has 0 saturated carbocycles. The van der Waals surface area contributed by atoms with Crippen LogP contribution in [0.5, 0.6) is 0 Å². The second-order valence-corrected chi connectivity index (χ2v) is 9.86. The van der Waals surface area contributed by atoms with Gasteiger partial charge in [0.2, 0.25) is 5.91 Å². The Morgan fingerprint density at radius 1 is 1.34 bits per heavy atom. The molecule has 1 saturated heterocycles. The van der Waals surface area contributed by atoms with Crippen molar-refractivity contribution in [3.8, 4) is 0 Å². The highest BCUT2D eigenvalue weighted by molar-refractivity contribution is 6.01. The summed E-state index contributed by atoms with van der Waals surface area (Å²) in [5, 5.41) is 11.7. The molecular formula is C24H32FN3O7. The minimum atomic E-state index is -1.15. The largest absolute Gasteiger partial charge is 0.481 e. The van der Waals surface area contributed by atoms with Crippen molar-refractivity contribution in [2.24, 2.45) is 5.73 Å². The van der Waals surface area contributed by atoms with E-state index in [2.05, 4.69) is 5.32 Å². The molecule has 4 N–H and O–H groups in total. The molecule has 3 amide bonds. The fourth-order valence-corrected chi connectivity index (χ4v) is 4.42. The summed E-state index contributed by atoms with van der Waals surface area (Å²) >= 11 is 0. The zero-order valence-corrected chi connectivity index (χ0v) is 20.1. The maximum absolute atomic E-state index is 15.5. The summed E-state index contributed by atoms with van der Waals surface area (Å²) in [4.78, 5) is 49.0. The Balaban J connectivity index is 1.76. The predicted octanol–water partition coefficient (Wildman–Crippen LogP) is 2.12. The van der Waals surface area contributed by atoms with Crippen LogP contribution in [0.1, 0.15) is 67.9 Å². The molecule has 3 atom stereocenters. The predicted molar refractivity (Wildman–Crippen MR) is 122 cm³/mol. The number of primary amides is 1. The number of nitrogens with two attached hydrogens (primary N) is 1. The number of ether oxygens (including phenoxy) is 2. The number of nitrogens with one attached hydrogen (secondary N) is 1. The Labute approximate surface area is 202 Å². The van der Waals surface area contributed by atoms with Gasteiger partial charge in [0, 0.05) is 30.6 Å². The molecule has 0 radical (unpaired) electrons.